The maximum Gasteiger partial charge on any atom is 0.235 e. The molecule has 1 aromatic rings. The second-order valence-corrected chi connectivity index (χ2v) is 4.93. The molecule has 1 aromatic carbocycles. The molecule has 0 aliphatic carbocycles. The molecule has 0 bridgehead atoms. The molecule has 3 nitrogen and oxygen atoms in total. The van der Waals surface area contributed by atoms with Crippen molar-refractivity contribution < 1.29 is 9.59 Å². The van der Waals surface area contributed by atoms with Gasteiger partial charge in [-0.05, 0) is 5.92 Å². The predicted octanol–water partition coefficient (Wildman–Crippen LogP) is 2.04. The quantitative estimate of drug-likeness (QED) is 0.491. The van der Waals surface area contributed by atoms with Crippen LogP contribution in [-0.2, 0) is 4.79 Å². The number of Topliss-reactive ketones (excluding diaryl/α,β-unsaturated/α-hetero) is 1. The van der Waals surface area contributed by atoms with E-state index in [2.05, 4.69) is 17.2 Å². The molecule has 0 fully saturated rings. The summed E-state index contributed by atoms with van der Waals surface area (Å²) < 4.78 is 0. The third-order valence-electron chi connectivity index (χ3n) is 2.26. The molecule has 0 unspecified atom stereocenters. The van der Waals surface area contributed by atoms with E-state index in [1.165, 1.54) is 0 Å². The maximum atomic E-state index is 11.6. The standard InChI is InChI=1S/C15H17NO2/c1-15(2,3)14(18)16-11-7-10-13(17)12-8-5-4-6-9-12/h4-6,8-9H,11H2,1-3H3,(H,16,18). The van der Waals surface area contributed by atoms with Crippen LogP contribution in [0, 0.1) is 17.3 Å². The van der Waals surface area contributed by atoms with Crippen molar-refractivity contribution in [3.05, 3.63) is 35.9 Å². The van der Waals surface area contributed by atoms with Crippen molar-refractivity contribution >= 4 is 11.7 Å². The molecule has 18 heavy (non-hydrogen) atoms. The van der Waals surface area contributed by atoms with E-state index in [1.807, 2.05) is 26.8 Å². The van der Waals surface area contributed by atoms with Gasteiger partial charge in [0.2, 0.25) is 11.7 Å². The largest absolute Gasteiger partial charge is 0.345 e. The van der Waals surface area contributed by atoms with Crippen molar-refractivity contribution in [1.29, 1.82) is 0 Å². The zero-order chi connectivity index (χ0) is 13.6. The van der Waals surface area contributed by atoms with Crippen LogP contribution in [0.1, 0.15) is 31.1 Å². The van der Waals surface area contributed by atoms with Gasteiger partial charge in [-0.3, -0.25) is 9.59 Å². The Morgan fingerprint density at radius 3 is 2.33 bits per heavy atom. The Kier molecular flexibility index (Phi) is 4.67. The molecule has 0 saturated heterocycles. The Balaban J connectivity index is 2.49. The van der Waals surface area contributed by atoms with Gasteiger partial charge in [0.05, 0.1) is 6.54 Å². The van der Waals surface area contributed by atoms with Gasteiger partial charge in [0.1, 0.15) is 0 Å². The Morgan fingerprint density at radius 2 is 1.78 bits per heavy atom. The Labute approximate surface area is 108 Å². The van der Waals surface area contributed by atoms with Crippen LogP contribution >= 0.6 is 0 Å². The Hall–Kier alpha value is -2.08. The van der Waals surface area contributed by atoms with Gasteiger partial charge in [-0.15, -0.1) is 0 Å². The van der Waals surface area contributed by atoms with Crippen LogP contribution in [-0.4, -0.2) is 18.2 Å². The highest BCUT2D eigenvalue weighted by Gasteiger charge is 2.19. The van der Waals surface area contributed by atoms with E-state index in [-0.39, 0.29) is 18.2 Å². The zero-order valence-corrected chi connectivity index (χ0v) is 10.9. The number of ketones is 1. The minimum absolute atomic E-state index is 0.0797. The first-order valence-corrected chi connectivity index (χ1v) is 5.78. The Morgan fingerprint density at radius 1 is 1.17 bits per heavy atom. The molecule has 0 atom stereocenters. The summed E-state index contributed by atoms with van der Waals surface area (Å²) in [6.45, 7) is 5.66. The monoisotopic (exact) mass is 243 g/mol. The molecule has 94 valence electrons. The first-order valence-electron chi connectivity index (χ1n) is 5.78. The lowest BCUT2D eigenvalue weighted by Gasteiger charge is -2.15. The average Bonchev–Trinajstić information content (AvgIpc) is 2.34. The van der Waals surface area contributed by atoms with Gasteiger partial charge in [0.15, 0.2) is 0 Å². The number of hydrogen-bond donors (Lipinski definition) is 1. The normalized spacial score (nSPS) is 10.2. The second kappa shape index (κ2) is 6.02. The van der Waals surface area contributed by atoms with Crippen molar-refractivity contribution in [3.8, 4) is 11.8 Å². The van der Waals surface area contributed by atoms with Crippen molar-refractivity contribution in [2.45, 2.75) is 20.8 Å². The highest BCUT2D eigenvalue weighted by Crippen LogP contribution is 2.11. The molecule has 1 N–H and O–H groups in total. The molecule has 0 heterocycles. The number of nitrogens with one attached hydrogen (secondary N) is 1. The molecule has 3 heteroatoms. The summed E-state index contributed by atoms with van der Waals surface area (Å²) in [4.78, 5) is 23.1. The predicted molar refractivity (Wildman–Crippen MR) is 71.0 cm³/mol. The SMILES string of the molecule is CC(C)(C)C(=O)NCC#CC(=O)c1ccccc1. The van der Waals surface area contributed by atoms with Crippen LogP contribution in [0.4, 0.5) is 0 Å². The van der Waals surface area contributed by atoms with E-state index in [1.54, 1.807) is 24.3 Å². The van der Waals surface area contributed by atoms with Gasteiger partial charge >= 0.3 is 0 Å². The van der Waals surface area contributed by atoms with Gasteiger partial charge in [0, 0.05) is 11.0 Å². The van der Waals surface area contributed by atoms with Crippen molar-refractivity contribution in [2.24, 2.45) is 5.41 Å². The average molecular weight is 243 g/mol. The Bertz CT molecular complexity index is 487. The number of hydrogen-bond acceptors (Lipinski definition) is 2. The highest BCUT2D eigenvalue weighted by molar-refractivity contribution is 6.08. The lowest BCUT2D eigenvalue weighted by molar-refractivity contribution is -0.128. The minimum atomic E-state index is -0.439. The topological polar surface area (TPSA) is 46.2 Å². The first-order chi connectivity index (χ1) is 8.41. The number of amides is 1. The van der Waals surface area contributed by atoms with Gasteiger partial charge in [-0.2, -0.15) is 0 Å². The smallest absolute Gasteiger partial charge is 0.235 e. The number of benzene rings is 1. The summed E-state index contributed by atoms with van der Waals surface area (Å²) in [7, 11) is 0. The van der Waals surface area contributed by atoms with Gasteiger partial charge < -0.3 is 5.32 Å². The number of carbonyl (C=O) groups excluding carboxylic acids is 2. The fourth-order valence-electron chi connectivity index (χ4n) is 1.18. The van der Waals surface area contributed by atoms with Crippen LogP contribution < -0.4 is 5.32 Å². The van der Waals surface area contributed by atoms with E-state index in [0.717, 1.165) is 0 Å². The van der Waals surface area contributed by atoms with Crippen LogP contribution in [0.25, 0.3) is 0 Å². The van der Waals surface area contributed by atoms with Crippen molar-refractivity contribution in [2.75, 3.05) is 6.54 Å². The summed E-state index contributed by atoms with van der Waals surface area (Å²) in [5.41, 5.74) is 0.123. The van der Waals surface area contributed by atoms with Crippen LogP contribution in [0.3, 0.4) is 0 Å². The third kappa shape index (κ3) is 4.42. The molecule has 0 saturated carbocycles. The molecule has 1 rings (SSSR count). The van der Waals surface area contributed by atoms with Gasteiger partial charge in [-0.1, -0.05) is 57.0 Å². The summed E-state index contributed by atoms with van der Waals surface area (Å²) >= 11 is 0. The molecule has 0 spiro atoms. The zero-order valence-electron chi connectivity index (χ0n) is 10.9. The lowest BCUT2D eigenvalue weighted by Crippen LogP contribution is -2.34. The summed E-state index contributed by atoms with van der Waals surface area (Å²) in [6, 6.07) is 8.84. The molecular formula is C15H17NO2. The maximum absolute atomic E-state index is 11.6. The van der Waals surface area contributed by atoms with Crippen molar-refractivity contribution in [3.63, 3.8) is 0 Å². The number of rotatable bonds is 2. The summed E-state index contributed by atoms with van der Waals surface area (Å²) in [5.74, 6) is 4.84. The second-order valence-electron chi connectivity index (χ2n) is 4.93. The minimum Gasteiger partial charge on any atom is -0.345 e. The van der Waals surface area contributed by atoms with Crippen molar-refractivity contribution in [1.82, 2.24) is 5.32 Å². The van der Waals surface area contributed by atoms with E-state index in [0.29, 0.717) is 5.56 Å². The van der Waals surface area contributed by atoms with Gasteiger partial charge in [0.25, 0.3) is 0 Å². The summed E-state index contributed by atoms with van der Waals surface area (Å²) in [6.07, 6.45) is 0. The first kappa shape index (κ1) is 14.0. The molecule has 0 aliphatic rings. The molecule has 0 aliphatic heterocycles. The third-order valence-corrected chi connectivity index (χ3v) is 2.26. The van der Waals surface area contributed by atoms with Crippen LogP contribution in [0.2, 0.25) is 0 Å². The lowest BCUT2D eigenvalue weighted by atomic mass is 9.96. The highest BCUT2D eigenvalue weighted by atomic mass is 16.2. The number of carbonyl (C=O) groups is 2. The van der Waals surface area contributed by atoms with Crippen LogP contribution in [0.5, 0.6) is 0 Å². The molecular weight excluding hydrogens is 226 g/mol. The van der Waals surface area contributed by atoms with E-state index < -0.39 is 5.41 Å². The molecule has 0 radical (unpaired) electrons. The fourth-order valence-corrected chi connectivity index (χ4v) is 1.18. The van der Waals surface area contributed by atoms with E-state index in [9.17, 15) is 9.59 Å². The van der Waals surface area contributed by atoms with Crippen LogP contribution in [0.15, 0.2) is 30.3 Å². The summed E-state index contributed by atoms with van der Waals surface area (Å²) in [5, 5.41) is 2.66. The molecule has 0 aromatic heterocycles. The molecule has 1 amide bonds. The van der Waals surface area contributed by atoms with E-state index in [4.69, 9.17) is 0 Å². The fraction of sp³-hybridized carbons (Fsp3) is 0.333. The van der Waals surface area contributed by atoms with E-state index >= 15 is 0 Å². The van der Waals surface area contributed by atoms with Gasteiger partial charge in [-0.25, -0.2) is 0 Å².